The molecule has 1 saturated carbocycles. The summed E-state index contributed by atoms with van der Waals surface area (Å²) in [5.41, 5.74) is 1.35. The van der Waals surface area contributed by atoms with Crippen LogP contribution in [0.2, 0.25) is 0 Å². The van der Waals surface area contributed by atoms with E-state index in [0.717, 1.165) is 25.6 Å². The number of carbonyl (C=O) groups excluding carboxylic acids is 2. The molecule has 2 fully saturated rings. The van der Waals surface area contributed by atoms with Crippen molar-refractivity contribution < 1.29 is 9.59 Å². The van der Waals surface area contributed by atoms with E-state index in [2.05, 4.69) is 20.9 Å². The summed E-state index contributed by atoms with van der Waals surface area (Å²) in [5, 5.41) is 8.55. The molecule has 1 saturated heterocycles. The Morgan fingerprint density at radius 1 is 1.08 bits per heavy atom. The van der Waals surface area contributed by atoms with Gasteiger partial charge in [-0.3, -0.25) is 4.79 Å². The normalized spacial score (nSPS) is 21.3. The van der Waals surface area contributed by atoms with E-state index < -0.39 is 0 Å². The monoisotopic (exact) mass is 358 g/mol. The number of benzene rings is 1. The Kier molecular flexibility index (Phi) is 6.50. The molecule has 0 bridgehead atoms. The van der Waals surface area contributed by atoms with Gasteiger partial charge >= 0.3 is 6.03 Å². The molecule has 1 aromatic rings. The Bertz CT molecular complexity index is 628. The molecule has 0 spiro atoms. The molecule has 1 aliphatic carbocycles. The summed E-state index contributed by atoms with van der Waals surface area (Å²) in [7, 11) is 0. The van der Waals surface area contributed by atoms with Crippen LogP contribution in [0.25, 0.3) is 0 Å². The van der Waals surface area contributed by atoms with Gasteiger partial charge in [0.15, 0.2) is 0 Å². The highest BCUT2D eigenvalue weighted by Crippen LogP contribution is 2.27. The molecular formula is C20H30N4O2. The van der Waals surface area contributed by atoms with E-state index >= 15 is 0 Å². The first kappa shape index (κ1) is 18.7. The van der Waals surface area contributed by atoms with Crippen molar-refractivity contribution >= 4 is 23.3 Å². The molecule has 0 radical (unpaired) electrons. The molecule has 3 N–H and O–H groups in total. The zero-order chi connectivity index (χ0) is 18.4. The molecule has 1 aliphatic heterocycles. The molecule has 1 aromatic carbocycles. The zero-order valence-corrected chi connectivity index (χ0v) is 15.6. The topological polar surface area (TPSA) is 73.5 Å². The van der Waals surface area contributed by atoms with Crippen molar-refractivity contribution in [1.82, 2.24) is 10.2 Å². The first-order valence-corrected chi connectivity index (χ1v) is 9.77. The smallest absolute Gasteiger partial charge is 0.319 e. The van der Waals surface area contributed by atoms with Crippen molar-refractivity contribution in [1.29, 1.82) is 0 Å². The van der Waals surface area contributed by atoms with Crippen LogP contribution in [-0.4, -0.2) is 42.5 Å². The van der Waals surface area contributed by atoms with Crippen LogP contribution in [0.3, 0.4) is 0 Å². The first-order chi connectivity index (χ1) is 12.6. The SMILES string of the molecule is CC(=O)Nc1cccc(NC(=O)NCC2CCN(C3CCCCC3)C2)c1. The largest absolute Gasteiger partial charge is 0.338 e. The summed E-state index contributed by atoms with van der Waals surface area (Å²) in [6, 6.07) is 7.73. The van der Waals surface area contributed by atoms with Gasteiger partial charge < -0.3 is 20.9 Å². The molecule has 6 nitrogen and oxygen atoms in total. The second-order valence-corrected chi connectivity index (χ2v) is 7.54. The Balaban J connectivity index is 1.41. The Hall–Kier alpha value is -2.08. The molecule has 26 heavy (non-hydrogen) atoms. The number of anilines is 2. The zero-order valence-electron chi connectivity index (χ0n) is 15.6. The number of rotatable bonds is 5. The predicted octanol–water partition coefficient (Wildman–Crippen LogP) is 3.42. The number of nitrogens with one attached hydrogen (secondary N) is 3. The molecule has 3 amide bonds. The Labute approximate surface area is 155 Å². The maximum Gasteiger partial charge on any atom is 0.319 e. The van der Waals surface area contributed by atoms with E-state index in [1.165, 1.54) is 39.0 Å². The number of hydrogen-bond donors (Lipinski definition) is 3. The van der Waals surface area contributed by atoms with Crippen molar-refractivity contribution in [2.75, 3.05) is 30.3 Å². The van der Waals surface area contributed by atoms with Crippen LogP contribution < -0.4 is 16.0 Å². The van der Waals surface area contributed by atoms with Gasteiger partial charge in [0.1, 0.15) is 0 Å². The fraction of sp³-hybridized carbons (Fsp3) is 0.600. The maximum atomic E-state index is 12.2. The van der Waals surface area contributed by atoms with E-state index in [9.17, 15) is 9.59 Å². The van der Waals surface area contributed by atoms with Crippen molar-refractivity contribution in [3.63, 3.8) is 0 Å². The molecule has 0 aromatic heterocycles. The lowest BCUT2D eigenvalue weighted by Gasteiger charge is -2.31. The van der Waals surface area contributed by atoms with E-state index in [1.54, 1.807) is 18.2 Å². The number of hydrogen-bond acceptors (Lipinski definition) is 3. The number of urea groups is 1. The third-order valence-corrected chi connectivity index (χ3v) is 5.40. The third kappa shape index (κ3) is 5.46. The Morgan fingerprint density at radius 3 is 2.54 bits per heavy atom. The fourth-order valence-corrected chi connectivity index (χ4v) is 4.10. The highest BCUT2D eigenvalue weighted by atomic mass is 16.2. The summed E-state index contributed by atoms with van der Waals surface area (Å²) < 4.78 is 0. The molecule has 1 heterocycles. The van der Waals surface area contributed by atoms with Gasteiger partial charge in [-0.15, -0.1) is 0 Å². The van der Waals surface area contributed by atoms with E-state index in [0.29, 0.717) is 23.8 Å². The quantitative estimate of drug-likeness (QED) is 0.755. The third-order valence-electron chi connectivity index (χ3n) is 5.40. The minimum atomic E-state index is -0.193. The minimum Gasteiger partial charge on any atom is -0.338 e. The summed E-state index contributed by atoms with van der Waals surface area (Å²) in [6.07, 6.45) is 7.96. The second-order valence-electron chi connectivity index (χ2n) is 7.54. The van der Waals surface area contributed by atoms with Crippen LogP contribution in [0.15, 0.2) is 24.3 Å². The summed E-state index contributed by atoms with van der Waals surface area (Å²) in [5.74, 6) is 0.406. The van der Waals surface area contributed by atoms with Gasteiger partial charge in [0.2, 0.25) is 5.91 Å². The second kappa shape index (κ2) is 9.03. The van der Waals surface area contributed by atoms with E-state index in [-0.39, 0.29) is 11.9 Å². The Morgan fingerprint density at radius 2 is 1.81 bits per heavy atom. The van der Waals surface area contributed by atoms with Gasteiger partial charge in [0.05, 0.1) is 0 Å². The van der Waals surface area contributed by atoms with Gasteiger partial charge in [-0.05, 0) is 49.9 Å². The van der Waals surface area contributed by atoms with Crippen LogP contribution in [0, 0.1) is 5.92 Å². The van der Waals surface area contributed by atoms with Gasteiger partial charge in [0, 0.05) is 37.4 Å². The first-order valence-electron chi connectivity index (χ1n) is 9.77. The molecule has 3 rings (SSSR count). The van der Waals surface area contributed by atoms with E-state index in [1.807, 2.05) is 6.07 Å². The lowest BCUT2D eigenvalue weighted by atomic mass is 9.94. The van der Waals surface area contributed by atoms with Gasteiger partial charge in [-0.2, -0.15) is 0 Å². The minimum absolute atomic E-state index is 0.129. The van der Waals surface area contributed by atoms with E-state index in [4.69, 9.17) is 0 Å². The van der Waals surface area contributed by atoms with Crippen molar-refractivity contribution in [2.24, 2.45) is 5.92 Å². The van der Waals surface area contributed by atoms with Crippen LogP contribution >= 0.6 is 0 Å². The highest BCUT2D eigenvalue weighted by molar-refractivity contribution is 5.92. The maximum absolute atomic E-state index is 12.2. The molecule has 2 aliphatic rings. The summed E-state index contributed by atoms with van der Waals surface area (Å²) in [4.78, 5) is 25.9. The predicted molar refractivity (Wildman–Crippen MR) is 104 cm³/mol. The number of nitrogens with zero attached hydrogens (tertiary/aromatic N) is 1. The summed E-state index contributed by atoms with van der Waals surface area (Å²) in [6.45, 7) is 4.44. The number of amides is 3. The molecule has 6 heteroatoms. The molecule has 142 valence electrons. The summed E-state index contributed by atoms with van der Waals surface area (Å²) >= 11 is 0. The number of likely N-dealkylation sites (tertiary alicyclic amines) is 1. The van der Waals surface area contributed by atoms with Crippen molar-refractivity contribution in [3.05, 3.63) is 24.3 Å². The standard InChI is InChI=1S/C20H30N4O2/c1-15(25)22-17-6-5-7-18(12-17)23-20(26)21-13-16-10-11-24(14-16)19-8-3-2-4-9-19/h5-7,12,16,19H,2-4,8-11,13-14H2,1H3,(H,22,25)(H2,21,23,26). The highest BCUT2D eigenvalue weighted by Gasteiger charge is 2.29. The molecular weight excluding hydrogens is 328 g/mol. The average molecular weight is 358 g/mol. The average Bonchev–Trinajstić information content (AvgIpc) is 3.09. The van der Waals surface area contributed by atoms with Crippen molar-refractivity contribution in [2.45, 2.75) is 51.5 Å². The van der Waals surface area contributed by atoms with Crippen LogP contribution in [0.1, 0.15) is 45.4 Å². The van der Waals surface area contributed by atoms with Crippen LogP contribution in [0.4, 0.5) is 16.2 Å². The number of carbonyl (C=O) groups is 2. The van der Waals surface area contributed by atoms with Gasteiger partial charge in [-0.25, -0.2) is 4.79 Å². The molecule has 1 atom stereocenters. The lowest BCUT2D eigenvalue weighted by Crippen LogP contribution is -2.37. The van der Waals surface area contributed by atoms with Gasteiger partial charge in [0.25, 0.3) is 0 Å². The van der Waals surface area contributed by atoms with Crippen LogP contribution in [0.5, 0.6) is 0 Å². The van der Waals surface area contributed by atoms with Crippen LogP contribution in [-0.2, 0) is 4.79 Å². The van der Waals surface area contributed by atoms with Crippen molar-refractivity contribution in [3.8, 4) is 0 Å². The lowest BCUT2D eigenvalue weighted by molar-refractivity contribution is -0.114. The van der Waals surface area contributed by atoms with Gasteiger partial charge in [-0.1, -0.05) is 25.3 Å². The fourth-order valence-electron chi connectivity index (χ4n) is 4.10. The molecule has 1 unspecified atom stereocenters.